The molecule has 6 nitrogen and oxygen atoms in total. The Balaban J connectivity index is 1.59. The largest absolute Gasteiger partial charge is 0.353 e. The molecule has 0 saturated heterocycles. The minimum atomic E-state index is -0.134. The number of aryl methyl sites for hydroxylation is 2. The van der Waals surface area contributed by atoms with Crippen molar-refractivity contribution in [3.8, 4) is 11.4 Å². The number of nitrogens with zero attached hydrogens (tertiary/aromatic N) is 3. The lowest BCUT2D eigenvalue weighted by Gasteiger charge is -2.06. The van der Waals surface area contributed by atoms with E-state index in [0.29, 0.717) is 12.2 Å². The summed E-state index contributed by atoms with van der Waals surface area (Å²) in [5.41, 5.74) is 5.75. The second-order valence-corrected chi connectivity index (χ2v) is 6.24. The van der Waals surface area contributed by atoms with Gasteiger partial charge in [-0.1, -0.05) is 12.1 Å². The summed E-state index contributed by atoms with van der Waals surface area (Å²) in [6.45, 7) is 2.55. The summed E-state index contributed by atoms with van der Waals surface area (Å²) in [6.07, 6.45) is 3.41. The second-order valence-electron chi connectivity index (χ2n) is 6.24. The normalized spacial score (nSPS) is 11.0. The summed E-state index contributed by atoms with van der Waals surface area (Å²) in [7, 11) is 1.75. The van der Waals surface area contributed by atoms with Crippen LogP contribution in [-0.4, -0.2) is 25.7 Å². The highest BCUT2D eigenvalue weighted by Crippen LogP contribution is 2.29. The number of aromatic nitrogens is 4. The molecule has 3 heterocycles. The number of carbonyl (C=O) groups is 1. The average Bonchev–Trinajstić information content (AvgIpc) is 3.24. The Morgan fingerprint density at radius 1 is 1.19 bits per heavy atom. The van der Waals surface area contributed by atoms with Crippen molar-refractivity contribution in [1.29, 1.82) is 0 Å². The average molecular weight is 345 g/mol. The molecule has 0 aliphatic heterocycles. The summed E-state index contributed by atoms with van der Waals surface area (Å²) < 4.78 is 1.56. The Bertz CT molecular complexity index is 1080. The molecular weight excluding hydrogens is 326 g/mol. The first kappa shape index (κ1) is 16.1. The zero-order valence-electron chi connectivity index (χ0n) is 14.7. The molecule has 0 bridgehead atoms. The second kappa shape index (κ2) is 6.48. The van der Waals surface area contributed by atoms with E-state index in [1.165, 1.54) is 0 Å². The zero-order valence-corrected chi connectivity index (χ0v) is 14.7. The van der Waals surface area contributed by atoms with Crippen LogP contribution >= 0.6 is 0 Å². The molecule has 26 heavy (non-hydrogen) atoms. The fourth-order valence-electron chi connectivity index (χ4n) is 3.12. The first-order valence-electron chi connectivity index (χ1n) is 8.42. The van der Waals surface area contributed by atoms with Gasteiger partial charge in [-0.05, 0) is 48.4 Å². The standard InChI is InChI=1S/C20H19N5O/c1-13-15-11-14(12-22-20(26)18-8-10-23-25(18)2)6-7-16(15)24-19(13)17-5-3-4-9-21-17/h3-11,24H,12H2,1-2H3,(H,22,26). The SMILES string of the molecule is Cc1c(-c2ccccn2)[nH]c2ccc(CNC(=O)c3ccnn3C)cc12. The summed E-state index contributed by atoms with van der Waals surface area (Å²) in [5, 5.41) is 8.10. The van der Waals surface area contributed by atoms with Gasteiger partial charge in [0.1, 0.15) is 5.69 Å². The topological polar surface area (TPSA) is 75.6 Å². The molecule has 130 valence electrons. The number of fused-ring (bicyclic) bond motifs is 1. The van der Waals surface area contributed by atoms with Gasteiger partial charge in [0.15, 0.2) is 0 Å². The van der Waals surface area contributed by atoms with Gasteiger partial charge in [0.25, 0.3) is 5.91 Å². The van der Waals surface area contributed by atoms with Crippen molar-refractivity contribution >= 4 is 16.8 Å². The maximum absolute atomic E-state index is 12.2. The van der Waals surface area contributed by atoms with Gasteiger partial charge in [-0.25, -0.2) is 0 Å². The van der Waals surface area contributed by atoms with Gasteiger partial charge in [0, 0.05) is 36.9 Å². The first-order valence-corrected chi connectivity index (χ1v) is 8.42. The highest BCUT2D eigenvalue weighted by atomic mass is 16.2. The van der Waals surface area contributed by atoms with Gasteiger partial charge in [0.05, 0.1) is 11.4 Å². The van der Waals surface area contributed by atoms with Crippen molar-refractivity contribution in [2.24, 2.45) is 7.05 Å². The van der Waals surface area contributed by atoms with Crippen LogP contribution in [0.15, 0.2) is 54.9 Å². The minimum absolute atomic E-state index is 0.134. The molecule has 0 fully saturated rings. The highest BCUT2D eigenvalue weighted by Gasteiger charge is 2.12. The molecule has 0 aliphatic rings. The molecule has 0 spiro atoms. The lowest BCUT2D eigenvalue weighted by molar-refractivity contribution is 0.0941. The van der Waals surface area contributed by atoms with E-state index in [1.807, 2.05) is 30.3 Å². The maximum Gasteiger partial charge on any atom is 0.269 e. The summed E-state index contributed by atoms with van der Waals surface area (Å²) >= 11 is 0. The Labute approximate surface area is 150 Å². The monoisotopic (exact) mass is 345 g/mol. The molecule has 2 N–H and O–H groups in total. The van der Waals surface area contributed by atoms with Crippen LogP contribution in [0.4, 0.5) is 0 Å². The molecular formula is C20H19N5O. The zero-order chi connectivity index (χ0) is 18.1. The Hall–Kier alpha value is -3.41. The molecule has 3 aromatic heterocycles. The van der Waals surface area contributed by atoms with E-state index in [4.69, 9.17) is 0 Å². The van der Waals surface area contributed by atoms with Gasteiger partial charge in [-0.2, -0.15) is 5.10 Å². The van der Waals surface area contributed by atoms with Gasteiger partial charge < -0.3 is 10.3 Å². The van der Waals surface area contributed by atoms with Crippen molar-refractivity contribution in [1.82, 2.24) is 25.1 Å². The quantitative estimate of drug-likeness (QED) is 0.596. The van der Waals surface area contributed by atoms with E-state index in [-0.39, 0.29) is 5.91 Å². The number of benzene rings is 1. The van der Waals surface area contributed by atoms with Crippen LogP contribution in [0.2, 0.25) is 0 Å². The van der Waals surface area contributed by atoms with E-state index < -0.39 is 0 Å². The molecule has 4 aromatic rings. The third-order valence-corrected chi connectivity index (χ3v) is 4.55. The lowest BCUT2D eigenvalue weighted by atomic mass is 10.1. The number of H-pyrrole nitrogens is 1. The molecule has 0 atom stereocenters. The predicted octanol–water partition coefficient (Wildman–Crippen LogP) is 3.20. The lowest BCUT2D eigenvalue weighted by Crippen LogP contribution is -2.25. The molecule has 6 heteroatoms. The maximum atomic E-state index is 12.2. The molecule has 0 unspecified atom stereocenters. The van der Waals surface area contributed by atoms with E-state index in [0.717, 1.165) is 33.4 Å². The van der Waals surface area contributed by atoms with Crippen LogP contribution in [0.5, 0.6) is 0 Å². The van der Waals surface area contributed by atoms with Crippen LogP contribution < -0.4 is 5.32 Å². The van der Waals surface area contributed by atoms with Crippen molar-refractivity contribution in [3.05, 3.63) is 71.7 Å². The number of nitrogens with one attached hydrogen (secondary N) is 2. The Morgan fingerprint density at radius 2 is 2.08 bits per heavy atom. The predicted molar refractivity (Wildman–Crippen MR) is 101 cm³/mol. The van der Waals surface area contributed by atoms with E-state index in [1.54, 1.807) is 30.2 Å². The van der Waals surface area contributed by atoms with Gasteiger partial charge >= 0.3 is 0 Å². The van der Waals surface area contributed by atoms with Crippen molar-refractivity contribution in [3.63, 3.8) is 0 Å². The fraction of sp³-hybridized carbons (Fsp3) is 0.150. The third-order valence-electron chi connectivity index (χ3n) is 4.55. The third kappa shape index (κ3) is 2.86. The molecule has 0 radical (unpaired) electrons. The number of carbonyl (C=O) groups excluding carboxylic acids is 1. The van der Waals surface area contributed by atoms with Crippen molar-refractivity contribution < 1.29 is 4.79 Å². The van der Waals surface area contributed by atoms with E-state index in [9.17, 15) is 4.79 Å². The molecule has 4 rings (SSSR count). The van der Waals surface area contributed by atoms with Crippen LogP contribution in [0, 0.1) is 6.92 Å². The fourth-order valence-corrected chi connectivity index (χ4v) is 3.12. The number of rotatable bonds is 4. The number of hydrogen-bond acceptors (Lipinski definition) is 3. The van der Waals surface area contributed by atoms with Gasteiger partial charge in [0.2, 0.25) is 0 Å². The van der Waals surface area contributed by atoms with Gasteiger partial charge in [-0.15, -0.1) is 0 Å². The molecule has 1 aromatic carbocycles. The summed E-state index contributed by atoms with van der Waals surface area (Å²) in [6, 6.07) is 13.7. The number of hydrogen-bond donors (Lipinski definition) is 2. The Morgan fingerprint density at radius 3 is 2.81 bits per heavy atom. The summed E-state index contributed by atoms with van der Waals surface area (Å²) in [5.74, 6) is -0.134. The molecule has 1 amide bonds. The highest BCUT2D eigenvalue weighted by molar-refractivity contribution is 5.93. The van der Waals surface area contributed by atoms with E-state index in [2.05, 4.69) is 33.4 Å². The first-order chi connectivity index (χ1) is 12.6. The van der Waals surface area contributed by atoms with Crippen LogP contribution in [0.25, 0.3) is 22.3 Å². The molecule has 0 aliphatic carbocycles. The Kier molecular flexibility index (Phi) is 4.01. The minimum Gasteiger partial charge on any atom is -0.353 e. The van der Waals surface area contributed by atoms with Crippen molar-refractivity contribution in [2.45, 2.75) is 13.5 Å². The number of pyridine rings is 1. The van der Waals surface area contributed by atoms with Crippen LogP contribution in [0.1, 0.15) is 21.6 Å². The molecule has 0 saturated carbocycles. The number of amides is 1. The number of aromatic amines is 1. The summed E-state index contributed by atoms with van der Waals surface area (Å²) in [4.78, 5) is 20.1. The van der Waals surface area contributed by atoms with Crippen molar-refractivity contribution in [2.75, 3.05) is 0 Å². The van der Waals surface area contributed by atoms with E-state index >= 15 is 0 Å². The van der Waals surface area contributed by atoms with Crippen LogP contribution in [0.3, 0.4) is 0 Å². The van der Waals surface area contributed by atoms with Gasteiger partial charge in [-0.3, -0.25) is 14.5 Å². The van der Waals surface area contributed by atoms with Crippen LogP contribution in [-0.2, 0) is 13.6 Å². The smallest absolute Gasteiger partial charge is 0.269 e.